The summed E-state index contributed by atoms with van der Waals surface area (Å²) in [5.41, 5.74) is 5.85. The van der Waals surface area contributed by atoms with E-state index in [0.29, 0.717) is 0 Å². The molecular formula is C17H24SSe. The molecule has 2 heteroatoms. The van der Waals surface area contributed by atoms with Crippen molar-refractivity contribution in [2.45, 2.75) is 55.4 Å². The predicted octanol–water partition coefficient (Wildman–Crippen LogP) is 5.13. The Morgan fingerprint density at radius 1 is 1.21 bits per heavy atom. The van der Waals surface area contributed by atoms with Gasteiger partial charge < -0.3 is 0 Å². The fourth-order valence-corrected chi connectivity index (χ4v) is 4.56. The first-order chi connectivity index (χ1) is 9.04. The van der Waals surface area contributed by atoms with E-state index < -0.39 is 0 Å². The maximum atomic E-state index is 2.45. The van der Waals surface area contributed by atoms with Crippen LogP contribution in [-0.4, -0.2) is 20.2 Å². The number of aryl methyl sites for hydroxylation is 2. The molecule has 2 rings (SSSR count). The van der Waals surface area contributed by atoms with Crippen molar-refractivity contribution in [2.24, 2.45) is 5.92 Å². The SMILES string of the molecule is C[Se]C/C=C/[C@H]1C[C@@H]1Sc1c(C)c(C)cc(C)c1C. The van der Waals surface area contributed by atoms with Gasteiger partial charge in [0.1, 0.15) is 0 Å². The van der Waals surface area contributed by atoms with Crippen LogP contribution in [0, 0.1) is 33.6 Å². The monoisotopic (exact) mass is 340 g/mol. The van der Waals surface area contributed by atoms with E-state index in [0.717, 1.165) is 26.1 Å². The number of rotatable bonds is 5. The van der Waals surface area contributed by atoms with Gasteiger partial charge in [0, 0.05) is 0 Å². The summed E-state index contributed by atoms with van der Waals surface area (Å²) < 4.78 is 0. The number of hydrogen-bond donors (Lipinski definition) is 0. The zero-order valence-corrected chi connectivity index (χ0v) is 15.1. The van der Waals surface area contributed by atoms with E-state index in [1.165, 1.54) is 38.9 Å². The molecule has 1 fully saturated rings. The van der Waals surface area contributed by atoms with E-state index in [1.807, 2.05) is 0 Å². The predicted molar refractivity (Wildman–Crippen MR) is 88.7 cm³/mol. The van der Waals surface area contributed by atoms with Gasteiger partial charge in [0.15, 0.2) is 0 Å². The van der Waals surface area contributed by atoms with Crippen LogP contribution in [0.3, 0.4) is 0 Å². The van der Waals surface area contributed by atoms with Gasteiger partial charge in [-0.1, -0.05) is 0 Å². The molecule has 1 aromatic rings. The third-order valence-electron chi connectivity index (χ3n) is 3.99. The van der Waals surface area contributed by atoms with Crippen LogP contribution in [0.4, 0.5) is 0 Å². The molecule has 1 aliphatic carbocycles. The number of thioether (sulfide) groups is 1. The van der Waals surface area contributed by atoms with E-state index in [2.05, 4.69) is 63.5 Å². The van der Waals surface area contributed by atoms with E-state index in [4.69, 9.17) is 0 Å². The molecule has 0 spiro atoms. The van der Waals surface area contributed by atoms with Gasteiger partial charge in [0.2, 0.25) is 0 Å². The molecule has 0 aromatic heterocycles. The second-order valence-corrected chi connectivity index (χ2v) is 8.69. The molecule has 0 N–H and O–H groups in total. The van der Waals surface area contributed by atoms with Crippen LogP contribution in [0.25, 0.3) is 0 Å². The second kappa shape index (κ2) is 6.52. The third kappa shape index (κ3) is 3.68. The second-order valence-electron chi connectivity index (χ2n) is 5.53. The topological polar surface area (TPSA) is 0 Å². The first kappa shape index (κ1) is 15.2. The quantitative estimate of drug-likeness (QED) is 0.529. The van der Waals surface area contributed by atoms with Crippen molar-refractivity contribution in [3.8, 4) is 0 Å². The molecule has 1 aliphatic rings. The molecule has 0 aliphatic heterocycles. The molecule has 0 bridgehead atoms. The van der Waals surface area contributed by atoms with Gasteiger partial charge in [-0.2, -0.15) is 0 Å². The molecule has 1 aromatic carbocycles. The Hall–Kier alpha value is -0.171. The van der Waals surface area contributed by atoms with E-state index >= 15 is 0 Å². The Bertz CT molecular complexity index is 464. The van der Waals surface area contributed by atoms with Crippen molar-refractivity contribution in [3.05, 3.63) is 40.5 Å². The van der Waals surface area contributed by atoms with Crippen molar-refractivity contribution < 1.29 is 0 Å². The summed E-state index contributed by atoms with van der Waals surface area (Å²) >= 11 is 2.90. The summed E-state index contributed by atoms with van der Waals surface area (Å²) in [5, 5.41) is 2.11. The van der Waals surface area contributed by atoms with Crippen molar-refractivity contribution in [2.75, 3.05) is 0 Å². The first-order valence-electron chi connectivity index (χ1n) is 6.94. The number of hydrogen-bond acceptors (Lipinski definition) is 1. The minimum atomic E-state index is 0.787. The van der Waals surface area contributed by atoms with Gasteiger partial charge in [0.25, 0.3) is 0 Å². The summed E-state index contributed by atoms with van der Waals surface area (Å²) in [6, 6.07) is 2.32. The van der Waals surface area contributed by atoms with Crippen LogP contribution in [0.5, 0.6) is 0 Å². The van der Waals surface area contributed by atoms with Crippen LogP contribution in [0.2, 0.25) is 11.1 Å². The van der Waals surface area contributed by atoms with Crippen molar-refractivity contribution in [1.29, 1.82) is 0 Å². The summed E-state index contributed by atoms with van der Waals surface area (Å²) in [4.78, 5) is 1.54. The summed E-state index contributed by atoms with van der Waals surface area (Å²) in [6.45, 7) is 9.02. The van der Waals surface area contributed by atoms with Gasteiger partial charge in [-0.3, -0.25) is 0 Å². The molecule has 2 atom stereocenters. The molecule has 0 heterocycles. The van der Waals surface area contributed by atoms with Gasteiger partial charge in [-0.05, 0) is 0 Å². The average Bonchev–Trinajstić information content (AvgIpc) is 3.11. The summed E-state index contributed by atoms with van der Waals surface area (Å²) in [7, 11) is 0. The van der Waals surface area contributed by atoms with Crippen molar-refractivity contribution in [1.82, 2.24) is 0 Å². The first-order valence-corrected chi connectivity index (χ1v) is 10.7. The third-order valence-corrected chi connectivity index (χ3v) is 6.79. The van der Waals surface area contributed by atoms with Gasteiger partial charge in [-0.25, -0.2) is 0 Å². The van der Waals surface area contributed by atoms with Crippen LogP contribution < -0.4 is 0 Å². The summed E-state index contributed by atoms with van der Waals surface area (Å²) in [5.74, 6) is 3.13. The molecule has 104 valence electrons. The Kier molecular flexibility index (Phi) is 5.22. The van der Waals surface area contributed by atoms with Crippen molar-refractivity contribution in [3.63, 3.8) is 0 Å². The fourth-order valence-electron chi connectivity index (χ4n) is 2.36. The van der Waals surface area contributed by atoms with Crippen LogP contribution in [-0.2, 0) is 0 Å². The molecule has 0 unspecified atom stereocenters. The average molecular weight is 339 g/mol. The summed E-state index contributed by atoms with van der Waals surface area (Å²) in [6.07, 6.45) is 6.21. The van der Waals surface area contributed by atoms with E-state index in [9.17, 15) is 0 Å². The zero-order valence-electron chi connectivity index (χ0n) is 12.6. The number of benzene rings is 1. The molecular weight excluding hydrogens is 315 g/mol. The molecule has 0 nitrogen and oxygen atoms in total. The molecule has 0 saturated heterocycles. The van der Waals surface area contributed by atoms with Crippen molar-refractivity contribution >= 4 is 26.7 Å². The van der Waals surface area contributed by atoms with Gasteiger partial charge >= 0.3 is 129 Å². The Morgan fingerprint density at radius 2 is 1.84 bits per heavy atom. The Labute approximate surface area is 128 Å². The van der Waals surface area contributed by atoms with Gasteiger partial charge in [-0.15, -0.1) is 0 Å². The minimum absolute atomic E-state index is 0.787. The fraction of sp³-hybridized carbons (Fsp3) is 0.529. The van der Waals surface area contributed by atoms with Gasteiger partial charge in [0.05, 0.1) is 0 Å². The zero-order chi connectivity index (χ0) is 14.0. The Balaban J connectivity index is 2.05. The number of allylic oxidation sites excluding steroid dienone is 2. The van der Waals surface area contributed by atoms with E-state index in [-0.39, 0.29) is 0 Å². The Morgan fingerprint density at radius 3 is 2.42 bits per heavy atom. The normalized spacial score (nSPS) is 22.2. The standard InChI is InChI=1S/C17H24SSe/c1-11-9-12(2)14(4)17(13(11)3)18-16-10-15(16)7-6-8-19-5/h6-7,9,15-16H,8,10H2,1-5H3/b7-6+/t15-,16-/m0/s1. The molecule has 19 heavy (non-hydrogen) atoms. The van der Waals surface area contributed by atoms with Crippen LogP contribution >= 0.6 is 11.8 Å². The van der Waals surface area contributed by atoms with Crippen LogP contribution in [0.15, 0.2) is 23.1 Å². The van der Waals surface area contributed by atoms with Crippen LogP contribution in [0.1, 0.15) is 28.7 Å². The molecule has 0 radical (unpaired) electrons. The maximum absolute atomic E-state index is 2.45. The molecule has 0 amide bonds. The molecule has 1 saturated carbocycles. The van der Waals surface area contributed by atoms with E-state index in [1.54, 1.807) is 0 Å².